The molecule has 6 heteroatoms. The van der Waals surface area contributed by atoms with E-state index in [0.717, 1.165) is 5.56 Å². The minimum Gasteiger partial charge on any atom is -0.532 e. The van der Waals surface area contributed by atoms with Gasteiger partial charge in [0.15, 0.2) is 5.90 Å². The minimum atomic E-state index is -2.13. The molecule has 1 unspecified atom stereocenters. The van der Waals surface area contributed by atoms with Crippen molar-refractivity contribution in [2.75, 3.05) is 0 Å². The van der Waals surface area contributed by atoms with Crippen LogP contribution in [0.2, 0.25) is 16.6 Å². The van der Waals surface area contributed by atoms with E-state index in [1.165, 1.54) is 11.8 Å². The molecule has 0 saturated carbocycles. The number of nitrogens with zero attached hydrogens (tertiary/aromatic N) is 1. The minimum absolute atomic E-state index is 0.0832. The quantitative estimate of drug-likeness (QED) is 0.638. The van der Waals surface area contributed by atoms with E-state index < -0.39 is 8.32 Å². The van der Waals surface area contributed by atoms with Crippen LogP contribution in [0.1, 0.15) is 47.1 Å². The second kappa shape index (κ2) is 7.95. The summed E-state index contributed by atoms with van der Waals surface area (Å²) < 4.78 is 6.66. The fourth-order valence-electron chi connectivity index (χ4n) is 3.96. The topological polar surface area (TPSA) is 58.9 Å². The van der Waals surface area contributed by atoms with Crippen molar-refractivity contribution in [3.63, 3.8) is 0 Å². The number of benzene rings is 1. The number of phenols is 1. The second-order valence-corrected chi connectivity index (χ2v) is 14.1. The maximum absolute atomic E-state index is 12.0. The van der Waals surface area contributed by atoms with Crippen LogP contribution in [0.15, 0.2) is 29.3 Å². The van der Waals surface area contributed by atoms with Gasteiger partial charge in [-0.05, 0) is 52.5 Å². The molecule has 1 aromatic rings. The van der Waals surface area contributed by atoms with Crippen molar-refractivity contribution in [1.82, 2.24) is 0 Å². The van der Waals surface area contributed by atoms with Crippen LogP contribution in [-0.2, 0) is 10.8 Å². The van der Waals surface area contributed by atoms with Crippen molar-refractivity contribution in [3.05, 3.63) is 29.8 Å². The molecule has 0 aromatic heterocycles. The highest BCUT2D eigenvalue weighted by atomic mass is 32.2. The Labute approximate surface area is 156 Å². The van der Waals surface area contributed by atoms with Crippen molar-refractivity contribution >= 4 is 31.2 Å². The molecule has 0 bridgehead atoms. The molecule has 4 nitrogen and oxygen atoms in total. The first-order valence-electron chi connectivity index (χ1n) is 8.92. The van der Waals surface area contributed by atoms with Crippen LogP contribution in [0.3, 0.4) is 0 Å². The Bertz CT molecular complexity index is 619. The summed E-state index contributed by atoms with van der Waals surface area (Å²) in [4.78, 5) is 16.2. The van der Waals surface area contributed by atoms with Crippen LogP contribution in [0.5, 0.6) is 5.75 Å². The summed E-state index contributed by atoms with van der Waals surface area (Å²) in [6.07, 6.45) is 0.675. The van der Waals surface area contributed by atoms with Crippen molar-refractivity contribution in [2.45, 2.75) is 69.8 Å². The summed E-state index contributed by atoms with van der Waals surface area (Å²) in [5, 5.41) is 9.19. The van der Waals surface area contributed by atoms with Crippen molar-refractivity contribution in [1.29, 1.82) is 0 Å². The van der Waals surface area contributed by atoms with Crippen molar-refractivity contribution in [3.8, 4) is 5.75 Å². The molecule has 1 aliphatic rings. The Hall–Kier alpha value is -1.27. The number of carbonyl (C=O) groups is 1. The smallest absolute Gasteiger partial charge is 0.308 e. The molecule has 0 aliphatic carbocycles. The molecule has 1 aliphatic heterocycles. The number of aliphatic imine (C=N–C) groups is 1. The van der Waals surface area contributed by atoms with E-state index in [2.05, 4.69) is 46.5 Å². The van der Waals surface area contributed by atoms with Gasteiger partial charge in [0.25, 0.3) is 8.32 Å². The van der Waals surface area contributed by atoms with E-state index in [-0.39, 0.29) is 16.2 Å². The molecule has 25 heavy (non-hydrogen) atoms. The van der Waals surface area contributed by atoms with E-state index in [9.17, 15) is 9.90 Å². The zero-order valence-electron chi connectivity index (χ0n) is 15.9. The maximum atomic E-state index is 12.0. The monoisotopic (exact) mass is 379 g/mol. The largest absolute Gasteiger partial charge is 0.532 e. The summed E-state index contributed by atoms with van der Waals surface area (Å²) in [6.45, 7) is 13.4. The average molecular weight is 380 g/mol. The third-order valence-electron chi connectivity index (χ3n) is 5.07. The number of hydrogen-bond donors (Lipinski definition) is 1. The van der Waals surface area contributed by atoms with Crippen LogP contribution in [0.4, 0.5) is 4.79 Å². The highest BCUT2D eigenvalue weighted by Gasteiger charge is 2.49. The van der Waals surface area contributed by atoms with E-state index in [1.807, 2.05) is 12.1 Å². The molecule has 0 spiro atoms. The van der Waals surface area contributed by atoms with Gasteiger partial charge >= 0.3 is 5.24 Å². The summed E-state index contributed by atoms with van der Waals surface area (Å²) in [5.74, 6) is 0.848. The maximum Gasteiger partial charge on any atom is 0.308 e. The molecule has 1 N–H and O–H groups in total. The van der Waals surface area contributed by atoms with Crippen LogP contribution in [0.25, 0.3) is 0 Å². The first-order valence-corrected chi connectivity index (χ1v) is 11.9. The van der Waals surface area contributed by atoms with Gasteiger partial charge in [0.1, 0.15) is 5.75 Å². The number of carbonyl (C=O) groups excluding carboxylic acids is 1. The Morgan fingerprint density at radius 2 is 1.60 bits per heavy atom. The number of thioether (sulfide) groups is 1. The molecule has 1 atom stereocenters. The van der Waals surface area contributed by atoms with Gasteiger partial charge in [-0.3, -0.25) is 4.79 Å². The zero-order chi connectivity index (χ0) is 18.8. The zero-order valence-corrected chi connectivity index (χ0v) is 17.8. The van der Waals surface area contributed by atoms with Gasteiger partial charge in [0.2, 0.25) is 0 Å². The number of amides is 1. The molecule has 1 aromatic carbocycles. The summed E-state index contributed by atoms with van der Waals surface area (Å²) >= 11 is 1.24. The number of aromatic hydroxyl groups is 1. The van der Waals surface area contributed by atoms with E-state index in [0.29, 0.717) is 28.9 Å². The Morgan fingerprint density at radius 3 is 2.08 bits per heavy atom. The van der Waals surface area contributed by atoms with Gasteiger partial charge in [-0.15, -0.1) is 0 Å². The normalized spacial score (nSPS) is 18.4. The van der Waals surface area contributed by atoms with Crippen molar-refractivity contribution in [2.24, 2.45) is 4.99 Å². The van der Waals surface area contributed by atoms with Gasteiger partial charge in [0.05, 0.1) is 5.25 Å². The predicted molar refractivity (Wildman–Crippen MR) is 108 cm³/mol. The van der Waals surface area contributed by atoms with Crippen molar-refractivity contribution < 1.29 is 14.3 Å². The lowest BCUT2D eigenvalue weighted by molar-refractivity contribution is 0.267. The third kappa shape index (κ3) is 4.29. The molecule has 138 valence electrons. The molecule has 0 radical (unpaired) electrons. The lowest BCUT2D eigenvalue weighted by atomic mass is 10.1. The van der Waals surface area contributed by atoms with Crippen LogP contribution in [0, 0.1) is 0 Å². The second-order valence-electron chi connectivity index (χ2n) is 7.61. The lowest BCUT2D eigenvalue weighted by Gasteiger charge is -2.42. The fourth-order valence-corrected chi connectivity index (χ4v) is 10.2. The first-order chi connectivity index (χ1) is 11.7. The van der Waals surface area contributed by atoms with Crippen LogP contribution < -0.4 is 0 Å². The molecular weight excluding hydrogens is 350 g/mol. The van der Waals surface area contributed by atoms with Crippen LogP contribution in [-0.4, -0.2) is 29.8 Å². The number of rotatable bonds is 6. The van der Waals surface area contributed by atoms with Gasteiger partial charge in [-0.25, -0.2) is 0 Å². The van der Waals surface area contributed by atoms with Crippen LogP contribution >= 0.6 is 11.8 Å². The molecule has 0 fully saturated rings. The highest BCUT2D eigenvalue weighted by Crippen LogP contribution is 2.44. The summed E-state index contributed by atoms with van der Waals surface area (Å²) in [7, 11) is -2.13. The summed E-state index contributed by atoms with van der Waals surface area (Å²) in [5.41, 5.74) is 2.37. The number of hydrogen-bond acceptors (Lipinski definition) is 4. The van der Waals surface area contributed by atoms with E-state index in [1.54, 1.807) is 12.1 Å². The molecule has 1 heterocycles. The SMILES string of the molecule is CC(C)[Si](OC1=NC(=O)SC1Cc1ccc(O)cc1)(C(C)C)C(C)C. The molecule has 2 rings (SSSR count). The first kappa shape index (κ1) is 20.0. The summed E-state index contributed by atoms with van der Waals surface area (Å²) in [6, 6.07) is 7.11. The highest BCUT2D eigenvalue weighted by molar-refractivity contribution is 8.15. The average Bonchev–Trinajstić information content (AvgIpc) is 2.85. The Morgan fingerprint density at radius 1 is 1.08 bits per heavy atom. The van der Waals surface area contributed by atoms with Gasteiger partial charge in [-0.1, -0.05) is 53.7 Å². The fraction of sp³-hybridized carbons (Fsp3) is 0.579. The standard InChI is InChI=1S/C19H29NO3SSi/c1-12(2)25(13(3)4,14(5)6)23-18-17(24-19(22)20-18)11-15-7-9-16(21)10-8-15/h7-10,12-14,17,21H,11H2,1-6H3. The Kier molecular flexibility index (Phi) is 6.38. The van der Waals surface area contributed by atoms with Gasteiger partial charge < -0.3 is 9.53 Å². The number of phenolic OH excluding ortho intramolecular Hbond substituents is 1. The Balaban J connectivity index is 2.26. The predicted octanol–water partition coefficient (Wildman–Crippen LogP) is 5.76. The molecule has 0 saturated heterocycles. The molecule has 1 amide bonds. The van der Waals surface area contributed by atoms with E-state index >= 15 is 0 Å². The van der Waals surface area contributed by atoms with Gasteiger partial charge in [-0.2, -0.15) is 4.99 Å². The van der Waals surface area contributed by atoms with Gasteiger partial charge in [0, 0.05) is 0 Å². The lowest BCUT2D eigenvalue weighted by Crippen LogP contribution is -2.50. The third-order valence-corrected chi connectivity index (χ3v) is 12.0. The van der Waals surface area contributed by atoms with E-state index in [4.69, 9.17) is 4.43 Å². The molecular formula is C19H29NO3SSi.